The second kappa shape index (κ2) is 7.31. The van der Waals surface area contributed by atoms with Crippen LogP contribution < -0.4 is 5.32 Å². The normalized spacial score (nSPS) is 19.4. The van der Waals surface area contributed by atoms with Crippen LogP contribution >= 0.6 is 0 Å². The molecular weight excluding hydrogens is 362 g/mol. The summed E-state index contributed by atoms with van der Waals surface area (Å²) in [5, 5.41) is 7.47. The lowest BCUT2D eigenvalue weighted by molar-refractivity contribution is -0.111. The number of hydrogen-bond donors (Lipinski definition) is 1. The van der Waals surface area contributed by atoms with Crippen molar-refractivity contribution in [3.05, 3.63) is 53.7 Å². The number of aromatic nitrogens is 2. The molecule has 2 aromatic rings. The highest BCUT2D eigenvalue weighted by Gasteiger charge is 2.32. The van der Waals surface area contributed by atoms with Crippen LogP contribution in [-0.4, -0.2) is 35.6 Å². The van der Waals surface area contributed by atoms with Gasteiger partial charge in [0.1, 0.15) is 5.82 Å². The van der Waals surface area contributed by atoms with E-state index < -0.39 is 9.84 Å². The Hall–Kier alpha value is -2.41. The Morgan fingerprint density at radius 2 is 1.96 bits per heavy atom. The van der Waals surface area contributed by atoms with Crippen molar-refractivity contribution in [3.8, 4) is 0 Å². The smallest absolute Gasteiger partial charge is 0.249 e. The van der Waals surface area contributed by atoms with Gasteiger partial charge in [-0.25, -0.2) is 13.1 Å². The molecule has 1 aromatic carbocycles. The Bertz CT molecular complexity index is 954. The lowest BCUT2D eigenvalue weighted by atomic mass is 9.92. The summed E-state index contributed by atoms with van der Waals surface area (Å²) in [6, 6.07) is 11.1. The second-order valence-electron chi connectivity index (χ2n) is 7.90. The number of carbonyl (C=O) groups is 1. The van der Waals surface area contributed by atoms with Crippen molar-refractivity contribution >= 4 is 27.6 Å². The van der Waals surface area contributed by atoms with Crippen molar-refractivity contribution < 1.29 is 13.2 Å². The molecule has 3 rings (SSSR count). The fourth-order valence-electron chi connectivity index (χ4n) is 3.00. The molecule has 1 aromatic heterocycles. The number of nitrogens with one attached hydrogen (secondary N) is 1. The molecular formula is C20H25N3O3S. The van der Waals surface area contributed by atoms with Gasteiger partial charge >= 0.3 is 0 Å². The van der Waals surface area contributed by atoms with Crippen molar-refractivity contribution in [2.45, 2.75) is 38.6 Å². The topological polar surface area (TPSA) is 81.1 Å². The molecule has 1 unspecified atom stereocenters. The number of nitrogens with zero attached hydrogens (tertiary/aromatic N) is 2. The van der Waals surface area contributed by atoms with Gasteiger partial charge in [0.05, 0.1) is 23.2 Å². The fraction of sp³-hybridized carbons (Fsp3) is 0.400. The van der Waals surface area contributed by atoms with Gasteiger partial charge < -0.3 is 5.32 Å². The molecule has 27 heavy (non-hydrogen) atoms. The van der Waals surface area contributed by atoms with E-state index >= 15 is 0 Å². The summed E-state index contributed by atoms with van der Waals surface area (Å²) >= 11 is 0. The summed E-state index contributed by atoms with van der Waals surface area (Å²) in [5.41, 5.74) is 1.54. The van der Waals surface area contributed by atoms with E-state index in [-0.39, 0.29) is 28.9 Å². The predicted molar refractivity (Wildman–Crippen MR) is 107 cm³/mol. The maximum atomic E-state index is 12.4. The summed E-state index contributed by atoms with van der Waals surface area (Å²) in [6.07, 6.45) is 3.71. The van der Waals surface area contributed by atoms with E-state index in [2.05, 4.69) is 10.4 Å². The van der Waals surface area contributed by atoms with E-state index in [9.17, 15) is 13.2 Å². The van der Waals surface area contributed by atoms with E-state index in [4.69, 9.17) is 0 Å². The quantitative estimate of drug-likeness (QED) is 0.817. The third kappa shape index (κ3) is 4.86. The van der Waals surface area contributed by atoms with Gasteiger partial charge in [-0.15, -0.1) is 0 Å². The number of hydrogen-bond acceptors (Lipinski definition) is 4. The lowest BCUT2D eigenvalue weighted by Gasteiger charge is -2.15. The molecule has 1 amide bonds. The first-order chi connectivity index (χ1) is 12.6. The van der Waals surface area contributed by atoms with Crippen molar-refractivity contribution in [2.24, 2.45) is 0 Å². The Balaban J connectivity index is 1.84. The Labute approximate surface area is 160 Å². The summed E-state index contributed by atoms with van der Waals surface area (Å²) in [6.45, 7) is 6.10. The van der Waals surface area contributed by atoms with Gasteiger partial charge in [-0.2, -0.15) is 5.10 Å². The van der Waals surface area contributed by atoms with Gasteiger partial charge in [0.2, 0.25) is 5.91 Å². The van der Waals surface area contributed by atoms with Crippen LogP contribution in [0.2, 0.25) is 0 Å². The van der Waals surface area contributed by atoms with E-state index in [1.807, 2.05) is 57.2 Å². The largest absolute Gasteiger partial charge is 0.307 e. The highest BCUT2D eigenvalue weighted by atomic mass is 32.2. The molecule has 7 heteroatoms. The molecule has 0 saturated carbocycles. The summed E-state index contributed by atoms with van der Waals surface area (Å²) in [5.74, 6) is 0.469. The summed E-state index contributed by atoms with van der Waals surface area (Å²) in [4.78, 5) is 12.4. The number of benzene rings is 1. The van der Waals surface area contributed by atoms with Crippen molar-refractivity contribution in [2.75, 3.05) is 16.8 Å². The van der Waals surface area contributed by atoms with Gasteiger partial charge in [0, 0.05) is 17.6 Å². The molecule has 1 N–H and O–H groups in total. The van der Waals surface area contributed by atoms with E-state index in [1.165, 1.54) is 6.08 Å². The third-order valence-electron chi connectivity index (χ3n) is 4.54. The molecule has 0 radical (unpaired) electrons. The molecule has 1 atom stereocenters. The molecule has 2 heterocycles. The summed E-state index contributed by atoms with van der Waals surface area (Å²) < 4.78 is 25.4. The number of carbonyl (C=O) groups excluding carboxylic acids is 1. The minimum Gasteiger partial charge on any atom is -0.307 e. The van der Waals surface area contributed by atoms with Crippen LogP contribution in [0, 0.1) is 0 Å². The SMILES string of the molecule is CC(C)(C)c1cc(NC(=O)C=Cc2ccccc2)n(C2CCS(=O)(=O)C2)n1. The molecule has 1 saturated heterocycles. The zero-order valence-corrected chi connectivity index (χ0v) is 16.7. The second-order valence-corrected chi connectivity index (χ2v) is 10.1. The van der Waals surface area contributed by atoms with E-state index in [1.54, 1.807) is 10.8 Å². The third-order valence-corrected chi connectivity index (χ3v) is 6.29. The number of amides is 1. The Morgan fingerprint density at radius 3 is 2.56 bits per heavy atom. The van der Waals surface area contributed by atoms with Gasteiger partial charge in [0.15, 0.2) is 9.84 Å². The minimum absolute atomic E-state index is 0.0565. The van der Waals surface area contributed by atoms with E-state index in [0.717, 1.165) is 11.3 Å². The zero-order chi connectivity index (χ0) is 19.7. The maximum absolute atomic E-state index is 12.4. The fourth-order valence-corrected chi connectivity index (χ4v) is 4.70. The Morgan fingerprint density at radius 1 is 1.26 bits per heavy atom. The standard InChI is InChI=1S/C20H25N3O3S/c1-20(2,3)17-13-18(23(22-17)16-11-12-27(25,26)14-16)21-19(24)10-9-15-7-5-4-6-8-15/h4-10,13,16H,11-12,14H2,1-3H3,(H,21,24). The van der Waals surface area contributed by atoms with Crippen LogP contribution in [0.25, 0.3) is 6.08 Å². The van der Waals surface area contributed by atoms with Gasteiger partial charge in [-0.3, -0.25) is 4.79 Å². The summed E-state index contributed by atoms with van der Waals surface area (Å²) in [7, 11) is -3.05. The lowest BCUT2D eigenvalue weighted by Crippen LogP contribution is -2.19. The average molecular weight is 388 g/mol. The molecule has 144 valence electrons. The van der Waals surface area contributed by atoms with Crippen molar-refractivity contribution in [1.82, 2.24) is 9.78 Å². The monoisotopic (exact) mass is 387 g/mol. The molecule has 6 nitrogen and oxygen atoms in total. The van der Waals surface area contributed by atoms with E-state index in [0.29, 0.717) is 12.2 Å². The number of anilines is 1. The van der Waals surface area contributed by atoms with Crippen molar-refractivity contribution in [1.29, 1.82) is 0 Å². The van der Waals surface area contributed by atoms with Gasteiger partial charge in [-0.1, -0.05) is 51.1 Å². The van der Waals surface area contributed by atoms with Gasteiger partial charge in [0.25, 0.3) is 0 Å². The van der Waals surface area contributed by atoms with Crippen LogP contribution in [0.3, 0.4) is 0 Å². The van der Waals surface area contributed by atoms with Gasteiger partial charge in [-0.05, 0) is 18.1 Å². The predicted octanol–water partition coefficient (Wildman–Crippen LogP) is 3.19. The Kier molecular flexibility index (Phi) is 5.24. The number of rotatable bonds is 4. The first kappa shape index (κ1) is 19.4. The molecule has 0 bridgehead atoms. The van der Waals surface area contributed by atoms with Crippen molar-refractivity contribution in [3.63, 3.8) is 0 Å². The first-order valence-electron chi connectivity index (χ1n) is 8.99. The molecule has 1 fully saturated rings. The van der Waals surface area contributed by atoms with Crippen LogP contribution in [0.15, 0.2) is 42.5 Å². The number of sulfone groups is 1. The highest BCUT2D eigenvalue weighted by Crippen LogP contribution is 2.30. The van der Waals surface area contributed by atoms with Crippen LogP contribution in [-0.2, 0) is 20.0 Å². The molecule has 1 aliphatic rings. The molecule has 0 aliphatic carbocycles. The minimum atomic E-state index is -3.05. The maximum Gasteiger partial charge on any atom is 0.249 e. The first-order valence-corrected chi connectivity index (χ1v) is 10.8. The molecule has 1 aliphatic heterocycles. The highest BCUT2D eigenvalue weighted by molar-refractivity contribution is 7.91. The molecule has 0 spiro atoms. The van der Waals surface area contributed by atoms with Crippen LogP contribution in [0.5, 0.6) is 0 Å². The van der Waals surface area contributed by atoms with Crippen LogP contribution in [0.4, 0.5) is 5.82 Å². The van der Waals surface area contributed by atoms with Crippen LogP contribution in [0.1, 0.15) is 44.5 Å². The zero-order valence-electron chi connectivity index (χ0n) is 15.8. The average Bonchev–Trinajstić information content (AvgIpc) is 3.17.